The summed E-state index contributed by atoms with van der Waals surface area (Å²) < 4.78 is 4.41. The Bertz CT molecular complexity index is 198. The maximum Gasteiger partial charge on any atom is 0.328 e. The van der Waals surface area contributed by atoms with Crippen molar-refractivity contribution in [1.29, 1.82) is 0 Å². The van der Waals surface area contributed by atoms with E-state index >= 15 is 0 Å². The van der Waals surface area contributed by atoms with Gasteiger partial charge < -0.3 is 10.1 Å². The van der Waals surface area contributed by atoms with Crippen LogP contribution < -0.4 is 5.32 Å². The highest BCUT2D eigenvalue weighted by Crippen LogP contribution is 1.85. The van der Waals surface area contributed by atoms with E-state index in [2.05, 4.69) is 10.1 Å². The largest absolute Gasteiger partial charge is 0.467 e. The number of ether oxygens (including phenoxy) is 1. The molecule has 4 heteroatoms. The highest BCUT2D eigenvalue weighted by molar-refractivity contribution is 5.91. The number of rotatable bonds is 3. The summed E-state index contributed by atoms with van der Waals surface area (Å²) in [4.78, 5) is 21.7. The van der Waals surface area contributed by atoms with E-state index in [0.717, 1.165) is 0 Å². The number of hydrogen-bond donors (Lipinski definition) is 1. The fraction of sp³-hybridized carbons (Fsp3) is 0.500. The van der Waals surface area contributed by atoms with Crippen LogP contribution in [0.4, 0.5) is 0 Å². The Labute approximate surface area is 71.6 Å². The summed E-state index contributed by atoms with van der Waals surface area (Å²) in [5.41, 5.74) is 0. The monoisotopic (exact) mass is 171 g/mol. The molecule has 0 rings (SSSR count). The van der Waals surface area contributed by atoms with E-state index < -0.39 is 12.0 Å². The van der Waals surface area contributed by atoms with E-state index in [4.69, 9.17) is 0 Å². The number of carbonyl (C=O) groups is 2. The molecule has 0 spiro atoms. The summed E-state index contributed by atoms with van der Waals surface area (Å²) in [6.07, 6.45) is 2.94. The first-order chi connectivity index (χ1) is 5.61. The Morgan fingerprint density at radius 3 is 2.50 bits per heavy atom. The zero-order valence-electron chi connectivity index (χ0n) is 7.46. The van der Waals surface area contributed by atoms with Crippen LogP contribution in [0.3, 0.4) is 0 Å². The molecule has 0 aromatic carbocycles. The van der Waals surface area contributed by atoms with Crippen molar-refractivity contribution in [3.8, 4) is 0 Å². The van der Waals surface area contributed by atoms with Gasteiger partial charge in [0.2, 0.25) is 5.91 Å². The van der Waals surface area contributed by atoms with Gasteiger partial charge in [-0.1, -0.05) is 6.08 Å². The van der Waals surface area contributed by atoms with E-state index in [1.54, 1.807) is 19.9 Å². The number of methoxy groups -OCH3 is 1. The van der Waals surface area contributed by atoms with Crippen LogP contribution in [0.5, 0.6) is 0 Å². The van der Waals surface area contributed by atoms with Crippen molar-refractivity contribution >= 4 is 11.9 Å². The van der Waals surface area contributed by atoms with Gasteiger partial charge in [0, 0.05) is 0 Å². The zero-order valence-corrected chi connectivity index (χ0v) is 7.46. The molecule has 0 aromatic heterocycles. The molecule has 12 heavy (non-hydrogen) atoms. The van der Waals surface area contributed by atoms with Crippen LogP contribution in [-0.4, -0.2) is 25.0 Å². The molecule has 0 radical (unpaired) electrons. The van der Waals surface area contributed by atoms with Gasteiger partial charge in [0.05, 0.1) is 7.11 Å². The smallest absolute Gasteiger partial charge is 0.328 e. The molecular weight excluding hydrogens is 158 g/mol. The Balaban J connectivity index is 3.92. The van der Waals surface area contributed by atoms with Crippen molar-refractivity contribution < 1.29 is 14.3 Å². The molecule has 1 amide bonds. The van der Waals surface area contributed by atoms with E-state index in [1.807, 2.05) is 0 Å². The molecule has 68 valence electrons. The molecule has 0 fully saturated rings. The molecule has 1 N–H and O–H groups in total. The molecule has 0 aromatic rings. The minimum Gasteiger partial charge on any atom is -0.467 e. The number of nitrogens with one attached hydrogen (secondary N) is 1. The van der Waals surface area contributed by atoms with Crippen molar-refractivity contribution in [2.24, 2.45) is 0 Å². The molecule has 0 bridgehead atoms. The lowest BCUT2D eigenvalue weighted by molar-refractivity contribution is -0.144. The van der Waals surface area contributed by atoms with Gasteiger partial charge >= 0.3 is 5.97 Å². The predicted octanol–water partition coefficient (Wildman–Crippen LogP) is 0.240. The van der Waals surface area contributed by atoms with Crippen molar-refractivity contribution in [3.05, 3.63) is 12.2 Å². The molecule has 4 nitrogen and oxygen atoms in total. The summed E-state index contributed by atoms with van der Waals surface area (Å²) in [5, 5.41) is 2.43. The van der Waals surface area contributed by atoms with Crippen LogP contribution >= 0.6 is 0 Å². The van der Waals surface area contributed by atoms with E-state index in [1.165, 1.54) is 13.2 Å². The number of esters is 1. The molecule has 0 saturated carbocycles. The first-order valence-corrected chi connectivity index (χ1v) is 3.62. The third-order valence-corrected chi connectivity index (χ3v) is 1.23. The number of allylic oxidation sites excluding steroid dienone is 1. The molecule has 0 heterocycles. The average Bonchev–Trinajstić information content (AvgIpc) is 2.03. The highest BCUT2D eigenvalue weighted by Gasteiger charge is 2.13. The number of carbonyl (C=O) groups excluding carboxylic acids is 2. The normalized spacial score (nSPS) is 12.6. The Morgan fingerprint density at radius 2 is 2.08 bits per heavy atom. The van der Waals surface area contributed by atoms with Gasteiger partial charge in [0.1, 0.15) is 6.04 Å². The van der Waals surface area contributed by atoms with Crippen molar-refractivity contribution in [2.45, 2.75) is 19.9 Å². The van der Waals surface area contributed by atoms with Crippen molar-refractivity contribution in [1.82, 2.24) is 5.32 Å². The second kappa shape index (κ2) is 5.35. The molecule has 0 saturated heterocycles. The molecule has 0 aliphatic carbocycles. The van der Waals surface area contributed by atoms with Gasteiger partial charge in [0.15, 0.2) is 0 Å². The topological polar surface area (TPSA) is 55.4 Å². The van der Waals surface area contributed by atoms with E-state index in [0.29, 0.717) is 0 Å². The highest BCUT2D eigenvalue weighted by atomic mass is 16.5. The second-order valence-corrected chi connectivity index (χ2v) is 2.25. The summed E-state index contributed by atoms with van der Waals surface area (Å²) in [6, 6.07) is -0.598. The standard InChI is InChI=1S/C8H13NO3/c1-4-5-7(10)9-6(2)8(11)12-3/h4-6H,1-3H3,(H,9,10). The average molecular weight is 171 g/mol. The van der Waals surface area contributed by atoms with Gasteiger partial charge in [-0.15, -0.1) is 0 Å². The van der Waals surface area contributed by atoms with E-state index in [9.17, 15) is 9.59 Å². The van der Waals surface area contributed by atoms with Crippen molar-refractivity contribution in [2.75, 3.05) is 7.11 Å². The summed E-state index contributed by atoms with van der Waals surface area (Å²) in [7, 11) is 1.28. The first-order valence-electron chi connectivity index (χ1n) is 3.62. The van der Waals surface area contributed by atoms with Crippen LogP contribution in [0.15, 0.2) is 12.2 Å². The van der Waals surface area contributed by atoms with Crippen molar-refractivity contribution in [3.63, 3.8) is 0 Å². The van der Waals surface area contributed by atoms with Crippen LogP contribution in [0.2, 0.25) is 0 Å². The predicted molar refractivity (Wildman–Crippen MR) is 44.4 cm³/mol. The Morgan fingerprint density at radius 1 is 1.50 bits per heavy atom. The Hall–Kier alpha value is -1.32. The summed E-state index contributed by atoms with van der Waals surface area (Å²) >= 11 is 0. The second-order valence-electron chi connectivity index (χ2n) is 2.25. The molecule has 0 aliphatic rings. The SMILES string of the molecule is CC=CC(=O)NC(C)C(=O)OC. The van der Waals surface area contributed by atoms with Crippen LogP contribution in [-0.2, 0) is 14.3 Å². The van der Waals surface area contributed by atoms with Gasteiger partial charge in [-0.3, -0.25) is 4.79 Å². The van der Waals surface area contributed by atoms with Gasteiger partial charge in [-0.05, 0) is 19.9 Å². The fourth-order valence-corrected chi connectivity index (χ4v) is 0.649. The lowest BCUT2D eigenvalue weighted by Gasteiger charge is -2.08. The van der Waals surface area contributed by atoms with Gasteiger partial charge in [-0.2, -0.15) is 0 Å². The maximum atomic E-state index is 10.9. The third kappa shape index (κ3) is 3.75. The minimum atomic E-state index is -0.598. The summed E-state index contributed by atoms with van der Waals surface area (Å²) in [5.74, 6) is -0.747. The fourth-order valence-electron chi connectivity index (χ4n) is 0.649. The number of hydrogen-bond acceptors (Lipinski definition) is 3. The Kier molecular flexibility index (Phi) is 4.76. The van der Waals surface area contributed by atoms with Crippen LogP contribution in [0, 0.1) is 0 Å². The summed E-state index contributed by atoms with van der Waals surface area (Å²) in [6.45, 7) is 3.29. The molecule has 0 aliphatic heterocycles. The first kappa shape index (κ1) is 10.7. The molecular formula is C8H13NO3. The molecule has 1 unspecified atom stereocenters. The van der Waals surface area contributed by atoms with Crippen LogP contribution in [0.25, 0.3) is 0 Å². The third-order valence-electron chi connectivity index (χ3n) is 1.23. The van der Waals surface area contributed by atoms with Gasteiger partial charge in [0.25, 0.3) is 0 Å². The lowest BCUT2D eigenvalue weighted by atomic mass is 10.3. The lowest BCUT2D eigenvalue weighted by Crippen LogP contribution is -2.38. The minimum absolute atomic E-state index is 0.296. The molecule has 1 atom stereocenters. The maximum absolute atomic E-state index is 10.9. The van der Waals surface area contributed by atoms with Gasteiger partial charge in [-0.25, -0.2) is 4.79 Å². The van der Waals surface area contributed by atoms with Crippen LogP contribution in [0.1, 0.15) is 13.8 Å². The number of amides is 1. The van der Waals surface area contributed by atoms with E-state index in [-0.39, 0.29) is 5.91 Å². The quantitative estimate of drug-likeness (QED) is 0.489. The zero-order chi connectivity index (χ0) is 9.56.